The minimum absolute atomic E-state index is 0.269. The molecule has 0 aliphatic rings. The zero-order valence-electron chi connectivity index (χ0n) is 6.53. The van der Waals surface area contributed by atoms with Crippen LogP contribution in [0.4, 0.5) is 0 Å². The molecule has 0 fully saturated rings. The van der Waals surface area contributed by atoms with E-state index in [1.165, 1.54) is 0 Å². The molecule has 0 atom stereocenters. The monoisotopic (exact) mass is 130 g/mol. The van der Waals surface area contributed by atoms with Gasteiger partial charge in [0.05, 0.1) is 6.61 Å². The van der Waals surface area contributed by atoms with Crippen LogP contribution < -0.4 is 5.48 Å². The minimum atomic E-state index is 0.269. The van der Waals surface area contributed by atoms with Gasteiger partial charge < -0.3 is 4.84 Å². The van der Waals surface area contributed by atoms with Gasteiger partial charge in [0.15, 0.2) is 0 Å². The fourth-order valence-electron chi connectivity index (χ4n) is 0.348. The number of hydroxylamine groups is 1. The van der Waals surface area contributed by atoms with Crippen LogP contribution in [0, 0.1) is 12.5 Å². The zero-order valence-corrected chi connectivity index (χ0v) is 6.53. The Morgan fingerprint density at radius 1 is 1.56 bits per heavy atom. The largest absolute Gasteiger partial charge is 0.301 e. The molecule has 0 bridgehead atoms. The third-order valence-electron chi connectivity index (χ3n) is 1.52. The smallest absolute Gasteiger partial charge is 0.0733 e. The standard InChI is InChI=1S/C7H16NO/c1-5-7(2,3)6-9-8-4/h8H,4-6H2,1-3H3. The van der Waals surface area contributed by atoms with E-state index in [4.69, 9.17) is 4.84 Å². The van der Waals surface area contributed by atoms with Gasteiger partial charge in [-0.25, -0.2) is 5.48 Å². The Balaban J connectivity index is 3.33. The second-order valence-electron chi connectivity index (χ2n) is 2.95. The number of nitrogens with one attached hydrogen (secondary N) is 1. The molecule has 0 heterocycles. The van der Waals surface area contributed by atoms with Gasteiger partial charge in [-0.3, -0.25) is 0 Å². The molecule has 0 aromatic rings. The van der Waals surface area contributed by atoms with E-state index < -0.39 is 0 Å². The molecule has 0 saturated carbocycles. The molecule has 0 unspecified atom stereocenters. The molecule has 0 aliphatic carbocycles. The summed E-state index contributed by atoms with van der Waals surface area (Å²) in [6.07, 6.45) is 1.12. The van der Waals surface area contributed by atoms with Crippen molar-refractivity contribution in [2.45, 2.75) is 27.2 Å². The third kappa shape index (κ3) is 4.43. The maximum atomic E-state index is 4.93. The lowest BCUT2D eigenvalue weighted by Crippen LogP contribution is -2.21. The van der Waals surface area contributed by atoms with Crippen molar-refractivity contribution in [3.05, 3.63) is 7.05 Å². The second-order valence-corrected chi connectivity index (χ2v) is 2.95. The van der Waals surface area contributed by atoms with Gasteiger partial charge in [-0.15, -0.1) is 0 Å². The van der Waals surface area contributed by atoms with Crippen molar-refractivity contribution in [3.63, 3.8) is 0 Å². The molecule has 2 heteroatoms. The SMILES string of the molecule is [CH2]NOCC(C)(C)CC. The highest BCUT2D eigenvalue weighted by molar-refractivity contribution is 4.63. The van der Waals surface area contributed by atoms with Gasteiger partial charge in [-0.2, -0.15) is 0 Å². The quantitative estimate of drug-likeness (QED) is 0.585. The molecule has 0 aromatic heterocycles. The van der Waals surface area contributed by atoms with Crippen molar-refractivity contribution in [2.75, 3.05) is 6.61 Å². The van der Waals surface area contributed by atoms with Gasteiger partial charge >= 0.3 is 0 Å². The van der Waals surface area contributed by atoms with E-state index in [2.05, 4.69) is 33.3 Å². The Kier molecular flexibility index (Phi) is 3.82. The van der Waals surface area contributed by atoms with Gasteiger partial charge in [0, 0.05) is 7.05 Å². The van der Waals surface area contributed by atoms with Crippen molar-refractivity contribution in [1.29, 1.82) is 0 Å². The Labute approximate surface area is 57.5 Å². The fourth-order valence-corrected chi connectivity index (χ4v) is 0.348. The first-order valence-electron chi connectivity index (χ1n) is 3.26. The van der Waals surface area contributed by atoms with Gasteiger partial charge in [-0.05, 0) is 11.8 Å². The fraction of sp³-hybridized carbons (Fsp3) is 0.857. The van der Waals surface area contributed by atoms with Gasteiger partial charge in [0.2, 0.25) is 0 Å². The van der Waals surface area contributed by atoms with Crippen LogP contribution in [0.25, 0.3) is 0 Å². The van der Waals surface area contributed by atoms with E-state index in [1.807, 2.05) is 0 Å². The summed E-state index contributed by atoms with van der Waals surface area (Å²) in [6, 6.07) is 0. The summed E-state index contributed by atoms with van der Waals surface area (Å²) in [5, 5.41) is 0. The van der Waals surface area contributed by atoms with Crippen LogP contribution in [0.3, 0.4) is 0 Å². The summed E-state index contributed by atoms with van der Waals surface area (Å²) < 4.78 is 0. The Bertz CT molecular complexity index is 71.3. The Hall–Kier alpha value is -0.0800. The molecule has 0 amide bonds. The molecule has 0 rings (SSSR count). The molecule has 9 heavy (non-hydrogen) atoms. The van der Waals surface area contributed by atoms with E-state index in [9.17, 15) is 0 Å². The Morgan fingerprint density at radius 2 is 2.11 bits per heavy atom. The second kappa shape index (κ2) is 3.85. The van der Waals surface area contributed by atoms with E-state index >= 15 is 0 Å². The maximum absolute atomic E-state index is 4.93. The van der Waals surface area contributed by atoms with Crippen LogP contribution in [0.15, 0.2) is 0 Å². The maximum Gasteiger partial charge on any atom is 0.0733 e. The molecule has 55 valence electrons. The summed E-state index contributed by atoms with van der Waals surface area (Å²) >= 11 is 0. The topological polar surface area (TPSA) is 21.3 Å². The predicted octanol–water partition coefficient (Wildman–Crippen LogP) is 1.74. The lowest BCUT2D eigenvalue weighted by Gasteiger charge is -2.20. The molecule has 0 spiro atoms. The van der Waals surface area contributed by atoms with Crippen LogP contribution in [0.1, 0.15) is 27.2 Å². The van der Waals surface area contributed by atoms with E-state index in [0.29, 0.717) is 6.61 Å². The van der Waals surface area contributed by atoms with Gasteiger partial charge in [0.1, 0.15) is 0 Å². The molecule has 0 aliphatic heterocycles. The molecule has 2 nitrogen and oxygen atoms in total. The van der Waals surface area contributed by atoms with Crippen LogP contribution in [0.2, 0.25) is 0 Å². The highest BCUT2D eigenvalue weighted by atomic mass is 16.6. The van der Waals surface area contributed by atoms with Crippen molar-refractivity contribution < 1.29 is 4.84 Å². The van der Waals surface area contributed by atoms with Crippen LogP contribution in [-0.2, 0) is 4.84 Å². The molecule has 1 radical (unpaired) electrons. The first-order chi connectivity index (χ1) is 4.12. The highest BCUT2D eigenvalue weighted by Gasteiger charge is 2.14. The summed E-state index contributed by atoms with van der Waals surface area (Å²) in [4.78, 5) is 4.93. The normalized spacial score (nSPS) is 12.0. The van der Waals surface area contributed by atoms with Crippen LogP contribution in [-0.4, -0.2) is 6.61 Å². The van der Waals surface area contributed by atoms with E-state index in [1.54, 1.807) is 0 Å². The molecule has 0 aromatic carbocycles. The zero-order chi connectivity index (χ0) is 7.33. The Morgan fingerprint density at radius 3 is 2.44 bits per heavy atom. The summed E-state index contributed by atoms with van der Waals surface area (Å²) in [7, 11) is 3.35. The van der Waals surface area contributed by atoms with Gasteiger partial charge in [-0.1, -0.05) is 20.8 Å². The van der Waals surface area contributed by atoms with E-state index in [-0.39, 0.29) is 5.41 Å². The average Bonchev–Trinajstić information content (AvgIpc) is 1.84. The van der Waals surface area contributed by atoms with Crippen molar-refractivity contribution in [3.8, 4) is 0 Å². The number of hydrogen-bond donors (Lipinski definition) is 1. The summed E-state index contributed by atoms with van der Waals surface area (Å²) in [5.74, 6) is 0. The molecule has 1 N–H and O–H groups in total. The van der Waals surface area contributed by atoms with Crippen molar-refractivity contribution in [2.24, 2.45) is 5.41 Å². The number of hydrogen-bond acceptors (Lipinski definition) is 2. The third-order valence-corrected chi connectivity index (χ3v) is 1.52. The summed E-state index contributed by atoms with van der Waals surface area (Å²) in [6.45, 7) is 7.17. The first kappa shape index (κ1) is 8.92. The minimum Gasteiger partial charge on any atom is -0.301 e. The van der Waals surface area contributed by atoms with Gasteiger partial charge in [0.25, 0.3) is 0 Å². The lowest BCUT2D eigenvalue weighted by atomic mass is 9.92. The van der Waals surface area contributed by atoms with Crippen LogP contribution in [0.5, 0.6) is 0 Å². The average molecular weight is 130 g/mol. The number of rotatable bonds is 4. The first-order valence-corrected chi connectivity index (χ1v) is 3.26. The summed E-state index contributed by atoms with van der Waals surface area (Å²) in [5.41, 5.74) is 2.68. The molecular formula is C7H16NO. The van der Waals surface area contributed by atoms with Crippen LogP contribution >= 0.6 is 0 Å². The molecular weight excluding hydrogens is 114 g/mol. The highest BCUT2D eigenvalue weighted by Crippen LogP contribution is 2.18. The van der Waals surface area contributed by atoms with Crippen molar-refractivity contribution in [1.82, 2.24) is 5.48 Å². The molecule has 0 saturated heterocycles. The van der Waals surface area contributed by atoms with Crippen molar-refractivity contribution >= 4 is 0 Å². The lowest BCUT2D eigenvalue weighted by molar-refractivity contribution is 0.0108. The van der Waals surface area contributed by atoms with E-state index in [0.717, 1.165) is 6.42 Å². The predicted molar refractivity (Wildman–Crippen MR) is 38.5 cm³/mol.